The maximum absolute atomic E-state index is 13.1. The molecule has 1 aliphatic heterocycles. The van der Waals surface area contributed by atoms with Crippen LogP contribution < -0.4 is 5.32 Å². The van der Waals surface area contributed by atoms with Crippen molar-refractivity contribution in [1.29, 1.82) is 0 Å². The Morgan fingerprint density at radius 1 is 1.36 bits per heavy atom. The SMILES string of the molecule is C[C@@]12CCC(F)(F)[C@@H]1CNC2. The summed E-state index contributed by atoms with van der Waals surface area (Å²) in [5.74, 6) is -2.81. The molecule has 1 saturated carbocycles. The third-order valence-electron chi connectivity index (χ3n) is 3.26. The monoisotopic (exact) mass is 161 g/mol. The number of rotatable bonds is 0. The van der Waals surface area contributed by atoms with Gasteiger partial charge in [-0.25, -0.2) is 8.78 Å². The molecular weight excluding hydrogens is 148 g/mol. The average molecular weight is 161 g/mol. The molecule has 1 N–H and O–H groups in total. The second kappa shape index (κ2) is 1.94. The Kier molecular flexibility index (Phi) is 1.32. The summed E-state index contributed by atoms with van der Waals surface area (Å²) in [6, 6.07) is 0. The van der Waals surface area contributed by atoms with Crippen LogP contribution in [0, 0.1) is 11.3 Å². The zero-order valence-electron chi connectivity index (χ0n) is 6.66. The zero-order valence-corrected chi connectivity index (χ0v) is 6.66. The van der Waals surface area contributed by atoms with Crippen molar-refractivity contribution < 1.29 is 8.78 Å². The Hall–Kier alpha value is -0.180. The maximum Gasteiger partial charge on any atom is 0.252 e. The summed E-state index contributed by atoms with van der Waals surface area (Å²) < 4.78 is 26.2. The minimum Gasteiger partial charge on any atom is -0.316 e. The summed E-state index contributed by atoms with van der Waals surface area (Å²) >= 11 is 0. The quantitative estimate of drug-likeness (QED) is 0.569. The van der Waals surface area contributed by atoms with Crippen molar-refractivity contribution in [3.8, 4) is 0 Å². The molecular formula is C8H13F2N. The smallest absolute Gasteiger partial charge is 0.252 e. The Morgan fingerprint density at radius 3 is 2.73 bits per heavy atom. The van der Waals surface area contributed by atoms with Crippen molar-refractivity contribution in [2.24, 2.45) is 11.3 Å². The normalized spacial score (nSPS) is 47.7. The number of halogens is 2. The Balaban J connectivity index is 2.26. The summed E-state index contributed by atoms with van der Waals surface area (Å²) in [5, 5.41) is 3.04. The highest BCUT2D eigenvalue weighted by Gasteiger charge is 2.58. The molecule has 0 aromatic carbocycles. The second-order valence-electron chi connectivity index (χ2n) is 4.10. The minimum atomic E-state index is -2.40. The van der Waals surface area contributed by atoms with Crippen LogP contribution in [-0.2, 0) is 0 Å². The molecule has 2 atom stereocenters. The van der Waals surface area contributed by atoms with E-state index in [-0.39, 0.29) is 11.8 Å². The van der Waals surface area contributed by atoms with Gasteiger partial charge in [0.1, 0.15) is 0 Å². The summed E-state index contributed by atoms with van der Waals surface area (Å²) in [7, 11) is 0. The van der Waals surface area contributed by atoms with Gasteiger partial charge in [0.05, 0.1) is 0 Å². The predicted molar refractivity (Wildman–Crippen MR) is 38.6 cm³/mol. The van der Waals surface area contributed by atoms with Crippen LogP contribution in [0.3, 0.4) is 0 Å². The number of nitrogens with one attached hydrogen (secondary N) is 1. The van der Waals surface area contributed by atoms with Crippen molar-refractivity contribution in [2.45, 2.75) is 25.7 Å². The van der Waals surface area contributed by atoms with E-state index in [1.807, 2.05) is 6.92 Å². The van der Waals surface area contributed by atoms with Crippen LogP contribution in [0.4, 0.5) is 8.78 Å². The van der Waals surface area contributed by atoms with Crippen LogP contribution in [-0.4, -0.2) is 19.0 Å². The van der Waals surface area contributed by atoms with Crippen molar-refractivity contribution in [2.75, 3.05) is 13.1 Å². The van der Waals surface area contributed by atoms with Gasteiger partial charge in [0.25, 0.3) is 5.92 Å². The van der Waals surface area contributed by atoms with Crippen LogP contribution in [0.5, 0.6) is 0 Å². The highest BCUT2D eigenvalue weighted by atomic mass is 19.3. The maximum atomic E-state index is 13.1. The van der Waals surface area contributed by atoms with Crippen molar-refractivity contribution in [3.05, 3.63) is 0 Å². The van der Waals surface area contributed by atoms with Crippen LogP contribution in [0.25, 0.3) is 0 Å². The standard InChI is InChI=1S/C8H13F2N/c1-7-2-3-8(9,10)6(7)4-11-5-7/h6,11H,2-5H2,1H3/t6-,7+/m1/s1. The molecule has 3 heteroatoms. The predicted octanol–water partition coefficient (Wildman–Crippen LogP) is 1.64. The molecule has 0 aromatic rings. The number of hydrogen-bond donors (Lipinski definition) is 1. The van der Waals surface area contributed by atoms with Crippen LogP contribution in [0.1, 0.15) is 19.8 Å². The average Bonchev–Trinajstić information content (AvgIpc) is 2.36. The summed E-state index contributed by atoms with van der Waals surface area (Å²) in [6.07, 6.45) is 0.771. The Bertz CT molecular complexity index is 181. The second-order valence-corrected chi connectivity index (χ2v) is 4.10. The third-order valence-corrected chi connectivity index (χ3v) is 3.26. The van der Waals surface area contributed by atoms with Gasteiger partial charge in [-0.05, 0) is 11.8 Å². The van der Waals surface area contributed by atoms with Gasteiger partial charge in [-0.1, -0.05) is 6.92 Å². The molecule has 0 spiro atoms. The van der Waals surface area contributed by atoms with Gasteiger partial charge < -0.3 is 5.32 Å². The highest BCUT2D eigenvalue weighted by Crippen LogP contribution is 2.53. The molecule has 0 bridgehead atoms. The molecule has 1 nitrogen and oxygen atoms in total. The van der Waals surface area contributed by atoms with E-state index >= 15 is 0 Å². The third kappa shape index (κ3) is 0.901. The topological polar surface area (TPSA) is 12.0 Å². The van der Waals surface area contributed by atoms with E-state index in [0.717, 1.165) is 6.54 Å². The Labute approximate surface area is 65.2 Å². The first kappa shape index (κ1) is 7.47. The van der Waals surface area contributed by atoms with Crippen LogP contribution in [0.15, 0.2) is 0 Å². The van der Waals surface area contributed by atoms with E-state index in [2.05, 4.69) is 5.32 Å². The van der Waals surface area contributed by atoms with E-state index in [4.69, 9.17) is 0 Å². The molecule has 1 saturated heterocycles. The van der Waals surface area contributed by atoms with E-state index in [0.29, 0.717) is 13.0 Å². The lowest BCUT2D eigenvalue weighted by molar-refractivity contribution is -0.0455. The molecule has 2 aliphatic rings. The van der Waals surface area contributed by atoms with Gasteiger partial charge in [-0.2, -0.15) is 0 Å². The van der Waals surface area contributed by atoms with Crippen LogP contribution >= 0.6 is 0 Å². The number of hydrogen-bond acceptors (Lipinski definition) is 1. The largest absolute Gasteiger partial charge is 0.316 e. The fourth-order valence-corrected chi connectivity index (χ4v) is 2.42. The molecule has 0 amide bonds. The molecule has 2 rings (SSSR count). The van der Waals surface area contributed by atoms with Gasteiger partial charge in [0.2, 0.25) is 0 Å². The first-order valence-electron chi connectivity index (χ1n) is 4.13. The number of fused-ring (bicyclic) bond motifs is 1. The molecule has 11 heavy (non-hydrogen) atoms. The van der Waals surface area contributed by atoms with Gasteiger partial charge >= 0.3 is 0 Å². The van der Waals surface area contributed by atoms with E-state index in [1.165, 1.54) is 0 Å². The van der Waals surface area contributed by atoms with Gasteiger partial charge in [0, 0.05) is 25.4 Å². The number of alkyl halides is 2. The van der Waals surface area contributed by atoms with Gasteiger partial charge in [-0.15, -0.1) is 0 Å². The molecule has 0 unspecified atom stereocenters. The molecule has 0 radical (unpaired) electrons. The molecule has 1 aliphatic carbocycles. The molecule has 64 valence electrons. The molecule has 0 aromatic heterocycles. The molecule has 1 heterocycles. The van der Waals surface area contributed by atoms with Gasteiger partial charge in [-0.3, -0.25) is 0 Å². The zero-order chi connectivity index (χ0) is 8.11. The first-order valence-corrected chi connectivity index (χ1v) is 4.13. The van der Waals surface area contributed by atoms with Crippen molar-refractivity contribution in [1.82, 2.24) is 5.32 Å². The van der Waals surface area contributed by atoms with Crippen molar-refractivity contribution in [3.63, 3.8) is 0 Å². The van der Waals surface area contributed by atoms with Gasteiger partial charge in [0.15, 0.2) is 0 Å². The fourth-order valence-electron chi connectivity index (χ4n) is 2.42. The van der Waals surface area contributed by atoms with E-state index < -0.39 is 11.8 Å². The van der Waals surface area contributed by atoms with E-state index in [9.17, 15) is 8.78 Å². The lowest BCUT2D eigenvalue weighted by atomic mass is 9.82. The summed E-state index contributed by atoms with van der Waals surface area (Å²) in [4.78, 5) is 0. The van der Waals surface area contributed by atoms with Crippen molar-refractivity contribution >= 4 is 0 Å². The lowest BCUT2D eigenvalue weighted by Crippen LogP contribution is -2.30. The first-order chi connectivity index (χ1) is 5.05. The summed E-state index contributed by atoms with van der Waals surface area (Å²) in [6.45, 7) is 3.25. The minimum absolute atomic E-state index is 0.0931. The lowest BCUT2D eigenvalue weighted by Gasteiger charge is -2.24. The summed E-state index contributed by atoms with van der Waals surface area (Å²) in [5.41, 5.74) is -0.122. The highest BCUT2D eigenvalue weighted by molar-refractivity contribution is 5.04. The van der Waals surface area contributed by atoms with Crippen LogP contribution in [0.2, 0.25) is 0 Å². The van der Waals surface area contributed by atoms with E-state index in [1.54, 1.807) is 0 Å². The Morgan fingerprint density at radius 2 is 2.09 bits per heavy atom. The molecule has 2 fully saturated rings. The fraction of sp³-hybridized carbons (Fsp3) is 1.00.